The molecular weight excluding hydrogens is 238 g/mol. The normalized spacial score (nSPS) is 17.0. The Morgan fingerprint density at radius 3 is 2.89 bits per heavy atom. The highest BCUT2D eigenvalue weighted by atomic mass is 32.1. The van der Waals surface area contributed by atoms with E-state index in [9.17, 15) is 0 Å². The molecule has 2 rings (SSSR count). The minimum atomic E-state index is 0.363. The molecular formula is C16H25NS. The fourth-order valence-electron chi connectivity index (χ4n) is 2.64. The maximum Gasteiger partial charge on any atom is 0.0625 e. The lowest BCUT2D eigenvalue weighted by atomic mass is 10.1. The van der Waals surface area contributed by atoms with Crippen LogP contribution in [0.2, 0.25) is 0 Å². The second kappa shape index (κ2) is 6.53. The molecule has 1 aliphatic rings. The van der Waals surface area contributed by atoms with Gasteiger partial charge >= 0.3 is 0 Å². The predicted octanol–water partition coefficient (Wildman–Crippen LogP) is 4.63. The molecule has 0 radical (unpaired) electrons. The van der Waals surface area contributed by atoms with Crippen molar-refractivity contribution in [1.29, 1.82) is 0 Å². The van der Waals surface area contributed by atoms with E-state index in [4.69, 9.17) is 0 Å². The Morgan fingerprint density at radius 2 is 2.17 bits per heavy atom. The molecule has 18 heavy (non-hydrogen) atoms. The molecule has 1 nitrogen and oxygen atoms in total. The molecule has 1 aromatic heterocycles. The van der Waals surface area contributed by atoms with Crippen molar-refractivity contribution in [2.45, 2.75) is 58.4 Å². The second-order valence-corrected chi connectivity index (χ2v) is 6.56. The summed E-state index contributed by atoms with van der Waals surface area (Å²) < 4.78 is 0. The lowest BCUT2D eigenvalue weighted by Crippen LogP contribution is -2.21. The largest absolute Gasteiger partial charge is 0.306 e. The molecule has 1 aromatic rings. The molecule has 100 valence electrons. The number of rotatable bonds is 5. The lowest BCUT2D eigenvalue weighted by molar-refractivity contribution is 0.598. The first-order valence-corrected chi connectivity index (χ1v) is 8.04. The lowest BCUT2D eigenvalue weighted by Gasteiger charge is -2.17. The molecule has 1 N–H and O–H groups in total. The van der Waals surface area contributed by atoms with Gasteiger partial charge in [-0.2, -0.15) is 0 Å². The highest BCUT2D eigenvalue weighted by Crippen LogP contribution is 2.34. The van der Waals surface area contributed by atoms with Crippen LogP contribution in [0.15, 0.2) is 18.2 Å². The molecule has 0 saturated carbocycles. The Labute approximate surface area is 115 Å². The summed E-state index contributed by atoms with van der Waals surface area (Å²) in [6.07, 6.45) is 7.87. The van der Waals surface area contributed by atoms with Gasteiger partial charge in [-0.1, -0.05) is 25.5 Å². The number of thiophene rings is 1. The highest BCUT2D eigenvalue weighted by molar-refractivity contribution is 7.12. The van der Waals surface area contributed by atoms with Crippen LogP contribution in [0.3, 0.4) is 0 Å². The summed E-state index contributed by atoms with van der Waals surface area (Å²) in [4.78, 5) is 3.11. The van der Waals surface area contributed by atoms with Crippen molar-refractivity contribution in [2.75, 3.05) is 6.54 Å². The molecule has 1 atom stereocenters. The van der Waals surface area contributed by atoms with Gasteiger partial charge in [-0.05, 0) is 57.2 Å². The van der Waals surface area contributed by atoms with Crippen LogP contribution in [0.1, 0.15) is 60.9 Å². The standard InChI is InChI=1S/C16H25NS/c1-4-10-17-16(12(2)3)15-11-13-8-6-5-7-9-14(13)18-15/h11,16-17H,2,4-10H2,1,3H3. The van der Waals surface area contributed by atoms with Crippen molar-refractivity contribution in [3.05, 3.63) is 33.5 Å². The predicted molar refractivity (Wildman–Crippen MR) is 81.4 cm³/mol. The molecule has 0 bridgehead atoms. The van der Waals surface area contributed by atoms with E-state index < -0.39 is 0 Å². The van der Waals surface area contributed by atoms with Gasteiger partial charge in [0.1, 0.15) is 0 Å². The van der Waals surface area contributed by atoms with E-state index in [-0.39, 0.29) is 0 Å². The van der Waals surface area contributed by atoms with Crippen LogP contribution in [-0.2, 0) is 12.8 Å². The summed E-state index contributed by atoms with van der Waals surface area (Å²) in [5.41, 5.74) is 2.84. The first-order valence-electron chi connectivity index (χ1n) is 7.22. The minimum Gasteiger partial charge on any atom is -0.306 e. The Kier molecular flexibility index (Phi) is 5.02. The Hall–Kier alpha value is -0.600. The average molecular weight is 263 g/mol. The minimum absolute atomic E-state index is 0.363. The van der Waals surface area contributed by atoms with Crippen LogP contribution in [0.5, 0.6) is 0 Å². The van der Waals surface area contributed by atoms with Gasteiger partial charge < -0.3 is 5.32 Å². The van der Waals surface area contributed by atoms with Gasteiger partial charge in [-0.15, -0.1) is 11.3 Å². The third-order valence-electron chi connectivity index (χ3n) is 3.64. The van der Waals surface area contributed by atoms with Gasteiger partial charge in [0.15, 0.2) is 0 Å². The van der Waals surface area contributed by atoms with Crippen LogP contribution in [0.25, 0.3) is 0 Å². The molecule has 0 aromatic carbocycles. The van der Waals surface area contributed by atoms with E-state index in [2.05, 4.69) is 31.8 Å². The van der Waals surface area contributed by atoms with E-state index in [0.717, 1.165) is 6.54 Å². The summed E-state index contributed by atoms with van der Waals surface area (Å²) in [6, 6.07) is 2.80. The van der Waals surface area contributed by atoms with Crippen molar-refractivity contribution >= 4 is 11.3 Å². The van der Waals surface area contributed by atoms with Crippen molar-refractivity contribution in [2.24, 2.45) is 0 Å². The zero-order valence-corrected chi connectivity index (χ0v) is 12.5. The van der Waals surface area contributed by atoms with Gasteiger partial charge in [-0.25, -0.2) is 0 Å². The third kappa shape index (κ3) is 3.24. The zero-order valence-electron chi connectivity index (χ0n) is 11.7. The molecule has 0 aliphatic heterocycles. The fraction of sp³-hybridized carbons (Fsp3) is 0.625. The van der Waals surface area contributed by atoms with Crippen LogP contribution >= 0.6 is 11.3 Å². The third-order valence-corrected chi connectivity index (χ3v) is 4.94. The van der Waals surface area contributed by atoms with E-state index in [1.165, 1.54) is 49.0 Å². The average Bonchev–Trinajstić information content (AvgIpc) is 2.60. The smallest absolute Gasteiger partial charge is 0.0625 e. The number of fused-ring (bicyclic) bond motifs is 1. The second-order valence-electron chi connectivity index (χ2n) is 5.39. The molecule has 1 unspecified atom stereocenters. The Balaban J connectivity index is 2.17. The van der Waals surface area contributed by atoms with E-state index in [0.29, 0.717) is 6.04 Å². The van der Waals surface area contributed by atoms with E-state index in [1.807, 2.05) is 11.3 Å². The van der Waals surface area contributed by atoms with Crippen molar-refractivity contribution in [1.82, 2.24) is 5.32 Å². The zero-order chi connectivity index (χ0) is 13.0. The van der Waals surface area contributed by atoms with Crippen molar-refractivity contribution in [3.8, 4) is 0 Å². The van der Waals surface area contributed by atoms with E-state index >= 15 is 0 Å². The Bertz CT molecular complexity index is 382. The van der Waals surface area contributed by atoms with Gasteiger partial charge in [-0.3, -0.25) is 0 Å². The fourth-order valence-corrected chi connectivity index (χ4v) is 4.07. The van der Waals surface area contributed by atoms with Gasteiger partial charge in [0.2, 0.25) is 0 Å². The first kappa shape index (κ1) is 13.8. The molecule has 0 fully saturated rings. The van der Waals surface area contributed by atoms with Crippen LogP contribution in [0.4, 0.5) is 0 Å². The molecule has 1 aliphatic carbocycles. The summed E-state index contributed by atoms with van der Waals surface area (Å²) >= 11 is 2.01. The van der Waals surface area contributed by atoms with Crippen LogP contribution in [0, 0.1) is 0 Å². The maximum atomic E-state index is 4.15. The summed E-state index contributed by atoms with van der Waals surface area (Å²) in [6.45, 7) is 9.57. The summed E-state index contributed by atoms with van der Waals surface area (Å²) in [5.74, 6) is 0. The number of hydrogen-bond acceptors (Lipinski definition) is 2. The number of hydrogen-bond donors (Lipinski definition) is 1. The SMILES string of the molecule is C=C(C)C(NCCC)c1cc2c(s1)CCCCC2. The molecule has 0 amide bonds. The quantitative estimate of drug-likeness (QED) is 0.603. The number of nitrogens with one attached hydrogen (secondary N) is 1. The van der Waals surface area contributed by atoms with Crippen molar-refractivity contribution in [3.63, 3.8) is 0 Å². The molecule has 2 heteroatoms. The van der Waals surface area contributed by atoms with Gasteiger partial charge in [0, 0.05) is 9.75 Å². The van der Waals surface area contributed by atoms with E-state index in [1.54, 1.807) is 10.4 Å². The summed E-state index contributed by atoms with van der Waals surface area (Å²) in [7, 11) is 0. The topological polar surface area (TPSA) is 12.0 Å². The monoisotopic (exact) mass is 263 g/mol. The molecule has 1 heterocycles. The molecule has 0 spiro atoms. The number of aryl methyl sites for hydroxylation is 2. The van der Waals surface area contributed by atoms with Crippen molar-refractivity contribution < 1.29 is 0 Å². The van der Waals surface area contributed by atoms with Gasteiger partial charge in [0.05, 0.1) is 6.04 Å². The van der Waals surface area contributed by atoms with Crippen LogP contribution in [-0.4, -0.2) is 6.54 Å². The Morgan fingerprint density at radius 1 is 1.39 bits per heavy atom. The maximum absolute atomic E-state index is 4.15. The highest BCUT2D eigenvalue weighted by Gasteiger charge is 2.18. The van der Waals surface area contributed by atoms with Crippen LogP contribution < -0.4 is 5.32 Å². The van der Waals surface area contributed by atoms with Gasteiger partial charge in [0.25, 0.3) is 0 Å². The molecule has 0 saturated heterocycles. The first-order chi connectivity index (χ1) is 8.72. The summed E-state index contributed by atoms with van der Waals surface area (Å²) in [5, 5.41) is 3.62.